The van der Waals surface area contributed by atoms with Gasteiger partial charge in [0.05, 0.1) is 6.61 Å². The van der Waals surface area contributed by atoms with Crippen molar-refractivity contribution in [1.82, 2.24) is 15.1 Å². The normalized spacial score (nSPS) is 19.6. The van der Waals surface area contributed by atoms with Crippen LogP contribution in [0.2, 0.25) is 0 Å². The monoisotopic (exact) mass is 229 g/mol. The van der Waals surface area contributed by atoms with Crippen molar-refractivity contribution < 1.29 is 9.90 Å². The number of nitrogens with one attached hydrogen (secondary N) is 1. The first-order valence-corrected chi connectivity index (χ1v) is 5.87. The smallest absolute Gasteiger partial charge is 0.319 e. The zero-order valence-electron chi connectivity index (χ0n) is 10.4. The van der Waals surface area contributed by atoms with Crippen LogP contribution in [0.4, 0.5) is 4.79 Å². The van der Waals surface area contributed by atoms with Gasteiger partial charge in [0, 0.05) is 39.3 Å². The minimum Gasteiger partial charge on any atom is -0.395 e. The summed E-state index contributed by atoms with van der Waals surface area (Å²) in [6, 6.07) is 0.656. The predicted molar refractivity (Wildman–Crippen MR) is 63.4 cm³/mol. The Morgan fingerprint density at radius 3 is 2.50 bits per heavy atom. The second-order valence-corrected chi connectivity index (χ2v) is 4.69. The molecular formula is C11H23N3O2. The Bertz CT molecular complexity index is 225. The van der Waals surface area contributed by atoms with Gasteiger partial charge in [-0.25, -0.2) is 4.79 Å². The molecule has 0 unspecified atom stereocenters. The number of nitrogens with zero attached hydrogens (tertiary/aromatic N) is 2. The SMILES string of the molecule is C[C@H](CO)NC1CCN(C(=O)N(C)C)CC1. The highest BCUT2D eigenvalue weighted by molar-refractivity contribution is 5.73. The van der Waals surface area contributed by atoms with Crippen molar-refractivity contribution >= 4 is 6.03 Å². The molecule has 0 aromatic rings. The lowest BCUT2D eigenvalue weighted by atomic mass is 10.0. The van der Waals surface area contributed by atoms with E-state index in [9.17, 15) is 4.79 Å². The summed E-state index contributed by atoms with van der Waals surface area (Å²) in [5.41, 5.74) is 0. The minimum absolute atomic E-state index is 0.0913. The third-order valence-corrected chi connectivity index (χ3v) is 2.94. The van der Waals surface area contributed by atoms with Crippen LogP contribution in [0.15, 0.2) is 0 Å². The van der Waals surface area contributed by atoms with Gasteiger partial charge in [0.25, 0.3) is 0 Å². The van der Waals surface area contributed by atoms with Gasteiger partial charge in [-0.1, -0.05) is 0 Å². The number of piperidine rings is 1. The largest absolute Gasteiger partial charge is 0.395 e. The van der Waals surface area contributed by atoms with Gasteiger partial charge in [0.15, 0.2) is 0 Å². The van der Waals surface area contributed by atoms with Gasteiger partial charge in [0.2, 0.25) is 0 Å². The zero-order valence-corrected chi connectivity index (χ0v) is 10.4. The van der Waals surface area contributed by atoms with Gasteiger partial charge in [-0.2, -0.15) is 0 Å². The summed E-state index contributed by atoms with van der Waals surface area (Å²) in [6.45, 7) is 3.73. The Labute approximate surface area is 97.4 Å². The van der Waals surface area contributed by atoms with E-state index in [4.69, 9.17) is 5.11 Å². The molecule has 1 rings (SSSR count). The number of carbonyl (C=O) groups is 1. The molecule has 2 amide bonds. The Hall–Kier alpha value is -0.810. The molecule has 94 valence electrons. The fourth-order valence-electron chi connectivity index (χ4n) is 1.98. The number of amides is 2. The van der Waals surface area contributed by atoms with Gasteiger partial charge in [-0.05, 0) is 19.8 Å². The highest BCUT2D eigenvalue weighted by Gasteiger charge is 2.24. The lowest BCUT2D eigenvalue weighted by Gasteiger charge is -2.35. The highest BCUT2D eigenvalue weighted by Crippen LogP contribution is 2.12. The van der Waals surface area contributed by atoms with E-state index >= 15 is 0 Å². The third-order valence-electron chi connectivity index (χ3n) is 2.94. The van der Waals surface area contributed by atoms with E-state index in [1.807, 2.05) is 11.8 Å². The van der Waals surface area contributed by atoms with Crippen molar-refractivity contribution in [2.45, 2.75) is 31.8 Å². The van der Waals surface area contributed by atoms with Crippen LogP contribution in [0.5, 0.6) is 0 Å². The van der Waals surface area contributed by atoms with E-state index in [0.717, 1.165) is 25.9 Å². The van der Waals surface area contributed by atoms with Crippen LogP contribution >= 0.6 is 0 Å². The van der Waals surface area contributed by atoms with Gasteiger partial charge < -0.3 is 20.2 Å². The average Bonchev–Trinajstić information content (AvgIpc) is 2.28. The summed E-state index contributed by atoms with van der Waals surface area (Å²) in [5.74, 6) is 0. The van der Waals surface area contributed by atoms with Gasteiger partial charge >= 0.3 is 6.03 Å². The molecule has 1 aliphatic heterocycles. The maximum atomic E-state index is 11.7. The molecule has 0 radical (unpaired) electrons. The quantitative estimate of drug-likeness (QED) is 0.722. The minimum atomic E-state index is 0.0913. The van der Waals surface area contributed by atoms with Crippen LogP contribution < -0.4 is 5.32 Å². The topological polar surface area (TPSA) is 55.8 Å². The number of aliphatic hydroxyl groups excluding tert-OH is 1. The number of urea groups is 1. The maximum absolute atomic E-state index is 11.7. The van der Waals surface area contributed by atoms with Crippen molar-refractivity contribution in [1.29, 1.82) is 0 Å². The molecule has 1 fully saturated rings. The van der Waals surface area contributed by atoms with E-state index in [0.29, 0.717) is 6.04 Å². The second kappa shape index (κ2) is 6.06. The number of hydrogen-bond acceptors (Lipinski definition) is 3. The molecule has 5 heteroatoms. The van der Waals surface area contributed by atoms with E-state index in [1.165, 1.54) is 0 Å². The summed E-state index contributed by atoms with van der Waals surface area (Å²) in [4.78, 5) is 15.2. The third kappa shape index (κ3) is 3.64. The molecule has 0 aromatic heterocycles. The molecule has 0 aromatic carbocycles. The Morgan fingerprint density at radius 1 is 1.50 bits per heavy atom. The summed E-state index contributed by atoms with van der Waals surface area (Å²) in [6.07, 6.45) is 1.92. The average molecular weight is 229 g/mol. The predicted octanol–water partition coefficient (Wildman–Crippen LogP) is 0.103. The van der Waals surface area contributed by atoms with Crippen LogP contribution in [0, 0.1) is 0 Å². The molecule has 1 aliphatic rings. The van der Waals surface area contributed by atoms with Crippen molar-refractivity contribution in [3.8, 4) is 0 Å². The van der Waals surface area contributed by atoms with E-state index in [1.54, 1.807) is 19.0 Å². The number of aliphatic hydroxyl groups is 1. The summed E-state index contributed by atoms with van der Waals surface area (Å²) in [7, 11) is 3.56. The standard InChI is InChI=1S/C11H23N3O2/c1-9(8-15)12-10-4-6-14(7-5-10)11(16)13(2)3/h9-10,12,15H,4-8H2,1-3H3/t9-/m1/s1. The Morgan fingerprint density at radius 2 is 2.06 bits per heavy atom. The molecule has 5 nitrogen and oxygen atoms in total. The van der Waals surface area contributed by atoms with Crippen molar-refractivity contribution in [2.75, 3.05) is 33.8 Å². The van der Waals surface area contributed by atoms with Crippen LogP contribution in [0.25, 0.3) is 0 Å². The van der Waals surface area contributed by atoms with E-state index in [2.05, 4.69) is 5.32 Å². The molecule has 0 aliphatic carbocycles. The summed E-state index contributed by atoms with van der Waals surface area (Å²) in [5, 5.41) is 12.3. The van der Waals surface area contributed by atoms with Gasteiger partial charge in [-0.15, -0.1) is 0 Å². The molecule has 16 heavy (non-hydrogen) atoms. The molecule has 1 saturated heterocycles. The number of rotatable bonds is 3. The molecule has 1 atom stereocenters. The molecular weight excluding hydrogens is 206 g/mol. The molecule has 0 spiro atoms. The first-order chi connectivity index (χ1) is 7.54. The number of likely N-dealkylation sites (tertiary alicyclic amines) is 1. The lowest BCUT2D eigenvalue weighted by molar-refractivity contribution is 0.147. The van der Waals surface area contributed by atoms with Crippen LogP contribution in [0.1, 0.15) is 19.8 Å². The van der Waals surface area contributed by atoms with Gasteiger partial charge in [-0.3, -0.25) is 0 Å². The zero-order chi connectivity index (χ0) is 12.1. The maximum Gasteiger partial charge on any atom is 0.319 e. The first kappa shape index (κ1) is 13.3. The fraction of sp³-hybridized carbons (Fsp3) is 0.909. The molecule has 0 saturated carbocycles. The van der Waals surface area contributed by atoms with Crippen molar-refractivity contribution in [2.24, 2.45) is 0 Å². The van der Waals surface area contributed by atoms with E-state index < -0.39 is 0 Å². The van der Waals surface area contributed by atoms with Crippen molar-refractivity contribution in [3.05, 3.63) is 0 Å². The Balaban J connectivity index is 2.31. The van der Waals surface area contributed by atoms with Gasteiger partial charge in [0.1, 0.15) is 0 Å². The second-order valence-electron chi connectivity index (χ2n) is 4.69. The number of carbonyl (C=O) groups excluding carboxylic acids is 1. The Kier molecular flexibility index (Phi) is 5.02. The summed E-state index contributed by atoms with van der Waals surface area (Å²) < 4.78 is 0. The first-order valence-electron chi connectivity index (χ1n) is 5.87. The molecule has 2 N–H and O–H groups in total. The lowest BCUT2D eigenvalue weighted by Crippen LogP contribution is -2.50. The number of hydrogen-bond donors (Lipinski definition) is 2. The molecule has 1 heterocycles. The van der Waals surface area contributed by atoms with Crippen LogP contribution in [-0.2, 0) is 0 Å². The van der Waals surface area contributed by atoms with Crippen molar-refractivity contribution in [3.63, 3.8) is 0 Å². The molecule has 0 bridgehead atoms. The summed E-state index contributed by atoms with van der Waals surface area (Å²) >= 11 is 0. The van der Waals surface area contributed by atoms with Crippen LogP contribution in [-0.4, -0.2) is 66.8 Å². The highest BCUT2D eigenvalue weighted by atomic mass is 16.3. The van der Waals surface area contributed by atoms with E-state index in [-0.39, 0.29) is 18.7 Å². The fourth-order valence-corrected chi connectivity index (χ4v) is 1.98. The van der Waals surface area contributed by atoms with Crippen LogP contribution in [0.3, 0.4) is 0 Å².